The molecule has 0 amide bonds. The zero-order valence-corrected chi connectivity index (χ0v) is 31.1. The molecule has 48 heavy (non-hydrogen) atoms. The zero-order valence-electron chi connectivity index (χ0n) is 27.6. The summed E-state index contributed by atoms with van der Waals surface area (Å²) in [5.74, 6) is 0. The Kier molecular flexibility index (Phi) is 16.1. The first-order valence-electron chi connectivity index (χ1n) is 15.6. The van der Waals surface area contributed by atoms with Crippen molar-refractivity contribution in [3.8, 4) is 0 Å². The molecule has 0 aromatic heterocycles. The molecule has 2 saturated heterocycles. The average molecular weight is 765 g/mol. The molecule has 2 heterocycles. The Hall–Kier alpha value is -0.420. The first-order chi connectivity index (χ1) is 22.2. The summed E-state index contributed by atoms with van der Waals surface area (Å²) < 4.78 is 52.8. The monoisotopic (exact) mass is 764 g/mol. The smallest absolute Gasteiger partial charge is 0.324 e. The molecule has 2 aliphatic heterocycles. The van der Waals surface area contributed by atoms with Gasteiger partial charge in [-0.3, -0.25) is 47.7 Å². The van der Waals surface area contributed by atoms with E-state index in [1.54, 1.807) is 19.6 Å². The predicted octanol–water partition coefficient (Wildman–Crippen LogP) is 0.109. The van der Waals surface area contributed by atoms with E-state index in [1.165, 1.54) is 7.11 Å². The van der Waals surface area contributed by atoms with Crippen molar-refractivity contribution in [2.75, 3.05) is 104 Å². The van der Waals surface area contributed by atoms with Gasteiger partial charge in [0.1, 0.15) is 25.1 Å². The van der Waals surface area contributed by atoms with E-state index >= 15 is 0 Å². The van der Waals surface area contributed by atoms with E-state index in [2.05, 4.69) is 9.80 Å². The molecule has 0 aliphatic carbocycles. The van der Waals surface area contributed by atoms with Gasteiger partial charge < -0.3 is 38.8 Å². The minimum atomic E-state index is -4.37. The van der Waals surface area contributed by atoms with Crippen LogP contribution in [-0.2, 0) is 35.9 Å². The van der Waals surface area contributed by atoms with Gasteiger partial charge in [0, 0.05) is 98.2 Å². The van der Waals surface area contributed by atoms with Crippen LogP contribution >= 0.6 is 30.4 Å². The summed E-state index contributed by atoms with van der Waals surface area (Å²) >= 11 is 0. The summed E-state index contributed by atoms with van der Waals surface area (Å²) in [4.78, 5) is 79.0. The maximum absolute atomic E-state index is 12.5. The van der Waals surface area contributed by atoms with Crippen molar-refractivity contribution in [3.63, 3.8) is 0 Å². The van der Waals surface area contributed by atoms with E-state index in [0.717, 1.165) is 11.1 Å². The van der Waals surface area contributed by atoms with Gasteiger partial charge in [-0.1, -0.05) is 24.3 Å². The first-order valence-corrected chi connectivity index (χ1v) is 22.8. The van der Waals surface area contributed by atoms with Gasteiger partial charge in [-0.15, -0.1) is 0 Å². The van der Waals surface area contributed by atoms with Gasteiger partial charge in [0.15, 0.2) is 0 Å². The summed E-state index contributed by atoms with van der Waals surface area (Å²) in [7, 11) is -15.8. The van der Waals surface area contributed by atoms with E-state index in [-0.39, 0.29) is 32.0 Å². The van der Waals surface area contributed by atoms with Crippen molar-refractivity contribution in [1.82, 2.24) is 29.4 Å². The molecule has 1 aromatic rings. The number of hydrogen-bond donors (Lipinski definition) is 7. The molecule has 2 unspecified atom stereocenters. The van der Waals surface area contributed by atoms with Crippen molar-refractivity contribution >= 4 is 30.4 Å². The molecule has 2 aliphatic rings. The number of nitrogens with zero attached hydrogens (tertiary/aromatic N) is 6. The van der Waals surface area contributed by atoms with Gasteiger partial charge in [0.2, 0.25) is 0 Å². The van der Waals surface area contributed by atoms with Gasteiger partial charge in [-0.25, -0.2) is 0 Å². The molecule has 2 atom stereocenters. The number of benzene rings is 1. The molecule has 0 spiro atoms. The van der Waals surface area contributed by atoms with Crippen LogP contribution in [0.15, 0.2) is 24.3 Å². The number of rotatable bonds is 13. The quantitative estimate of drug-likeness (QED) is 0.132. The molecule has 0 saturated carbocycles. The minimum absolute atomic E-state index is 0.230. The minimum Gasteiger partial charge on any atom is -0.324 e. The number of hydrogen-bond acceptors (Lipinski definition) is 11. The Morgan fingerprint density at radius 2 is 0.938 bits per heavy atom. The van der Waals surface area contributed by atoms with Gasteiger partial charge in [0.25, 0.3) is 0 Å². The van der Waals surface area contributed by atoms with Crippen LogP contribution in [0.4, 0.5) is 0 Å². The van der Waals surface area contributed by atoms with Crippen molar-refractivity contribution in [2.24, 2.45) is 0 Å². The lowest BCUT2D eigenvalue weighted by molar-refractivity contribution is 0.170. The first kappa shape index (κ1) is 42.0. The van der Waals surface area contributed by atoms with Crippen molar-refractivity contribution in [1.29, 1.82) is 0 Å². The van der Waals surface area contributed by atoms with Gasteiger partial charge in [-0.05, 0) is 18.1 Å². The molecule has 278 valence electrons. The maximum Gasteiger partial charge on any atom is 0.341 e. The van der Waals surface area contributed by atoms with Crippen LogP contribution < -0.4 is 0 Å². The topological polar surface area (TPSA) is 239 Å². The Bertz CT molecular complexity index is 1330. The van der Waals surface area contributed by atoms with Crippen LogP contribution in [0.3, 0.4) is 0 Å². The molecule has 1 aromatic carbocycles. The fourth-order valence-electron chi connectivity index (χ4n) is 6.00. The highest BCUT2D eigenvalue weighted by Gasteiger charge is 2.31. The summed E-state index contributed by atoms with van der Waals surface area (Å²) in [6, 6.07) is 7.49. The molecular weight excluding hydrogens is 712 g/mol. The SMILES string of the molecule is COP(=O)(O)CN1CCN(Cc2ccccc2CN2CCN(CP(=O)(O)O)CCN(CP(=O)(O)O)CC2)CCN(CP(=O)(O)O)CC1C. The van der Waals surface area contributed by atoms with Crippen LogP contribution in [0.1, 0.15) is 18.1 Å². The van der Waals surface area contributed by atoms with Gasteiger partial charge >= 0.3 is 30.4 Å². The van der Waals surface area contributed by atoms with E-state index < -0.39 is 49.2 Å². The van der Waals surface area contributed by atoms with Crippen molar-refractivity contribution in [3.05, 3.63) is 35.4 Å². The second kappa shape index (κ2) is 18.4. The molecule has 0 radical (unpaired) electrons. The summed E-state index contributed by atoms with van der Waals surface area (Å²) in [6.45, 7) is 6.96. The van der Waals surface area contributed by atoms with Gasteiger partial charge in [0.05, 0.1) is 0 Å². The molecule has 7 N–H and O–H groups in total. The highest BCUT2D eigenvalue weighted by Crippen LogP contribution is 2.42. The summed E-state index contributed by atoms with van der Waals surface area (Å²) in [5.41, 5.74) is 1.97. The van der Waals surface area contributed by atoms with Crippen molar-refractivity contribution < 1.29 is 57.0 Å². The fraction of sp³-hybridized carbons (Fsp3) is 0.769. The van der Waals surface area contributed by atoms with E-state index in [1.807, 2.05) is 31.2 Å². The normalized spacial score (nSPS) is 23.4. The second-order valence-electron chi connectivity index (χ2n) is 12.7. The Morgan fingerprint density at radius 1 is 0.583 bits per heavy atom. The lowest BCUT2D eigenvalue weighted by Crippen LogP contribution is -2.43. The highest BCUT2D eigenvalue weighted by molar-refractivity contribution is 7.52. The molecule has 22 heteroatoms. The summed E-state index contributed by atoms with van der Waals surface area (Å²) in [5, 5.41) is 0. The molecule has 2 fully saturated rings. The van der Waals surface area contributed by atoms with Crippen LogP contribution in [0.25, 0.3) is 0 Å². The Balaban J connectivity index is 1.81. The third-order valence-corrected chi connectivity index (χ3v) is 12.1. The largest absolute Gasteiger partial charge is 0.341 e. The zero-order chi connectivity index (χ0) is 35.8. The van der Waals surface area contributed by atoms with Crippen LogP contribution in [0.5, 0.6) is 0 Å². The Morgan fingerprint density at radius 3 is 1.33 bits per heavy atom. The molecule has 18 nitrogen and oxygen atoms in total. The van der Waals surface area contributed by atoms with E-state index in [4.69, 9.17) is 4.52 Å². The third-order valence-electron chi connectivity index (χ3n) is 8.48. The molecule has 3 rings (SSSR count). The highest BCUT2D eigenvalue weighted by atomic mass is 31.2. The molecular formula is C26H52N6O12P4. The van der Waals surface area contributed by atoms with Crippen LogP contribution in [0.2, 0.25) is 0 Å². The van der Waals surface area contributed by atoms with Crippen molar-refractivity contribution in [2.45, 2.75) is 26.1 Å². The lowest BCUT2D eigenvalue weighted by Gasteiger charge is -2.32. The molecule has 0 bridgehead atoms. The van der Waals surface area contributed by atoms with Crippen LogP contribution in [-0.4, -0.2) is 174 Å². The fourth-order valence-corrected chi connectivity index (χ4v) is 9.38. The standard InChI is InChI=1S/C26H52N6O12P4/c1-24-17-31(22-47(39,40)41)14-9-28(15-16-32(24)23-48(42,43)44-2)19-26-6-4-3-5-25(26)18-27-7-10-29(20-45(33,34)35)12-13-30(11-8-27)21-46(36,37)38/h3-6,24H,7-23H2,1-2H3,(H,42,43)(H2,33,34,35)(H2,36,37,38)(H2,39,40,41). The summed E-state index contributed by atoms with van der Waals surface area (Å²) in [6.07, 6.45) is -1.59. The van der Waals surface area contributed by atoms with Gasteiger partial charge in [-0.2, -0.15) is 0 Å². The lowest BCUT2D eigenvalue weighted by atomic mass is 10.1. The Labute approximate surface area is 282 Å². The second-order valence-corrected chi connectivity index (χ2v) is 19.4. The maximum atomic E-state index is 12.5. The third kappa shape index (κ3) is 16.3. The van der Waals surface area contributed by atoms with E-state index in [9.17, 15) is 52.5 Å². The average Bonchev–Trinajstić information content (AvgIpc) is 3.07. The van der Waals surface area contributed by atoms with E-state index in [0.29, 0.717) is 65.4 Å². The predicted molar refractivity (Wildman–Crippen MR) is 180 cm³/mol. The van der Waals surface area contributed by atoms with Crippen LogP contribution in [0, 0.1) is 0 Å².